The molecule has 208 valence electrons. The van der Waals surface area contributed by atoms with Gasteiger partial charge in [-0.1, -0.05) is 38.8 Å². The minimum atomic E-state index is -1.42. The Balaban J connectivity index is 1.65. The van der Waals surface area contributed by atoms with Crippen LogP contribution in [0.2, 0.25) is 0 Å². The van der Waals surface area contributed by atoms with Crippen molar-refractivity contribution < 1.29 is 30.0 Å². The molecule has 0 heterocycles. The highest BCUT2D eigenvalue weighted by molar-refractivity contribution is 6.18. The number of fused-ring (bicyclic) bond motifs is 6. The molecule has 10 atom stereocenters. The van der Waals surface area contributed by atoms with Crippen LogP contribution in [0.3, 0.4) is 0 Å². The summed E-state index contributed by atoms with van der Waals surface area (Å²) in [6.45, 7) is 10.6. The predicted molar refractivity (Wildman–Crippen MR) is 141 cm³/mol. The van der Waals surface area contributed by atoms with Gasteiger partial charge in [0.15, 0.2) is 0 Å². The standard InChI is InChI=1S/C30H45ClO6/c1-26(2)10-11-30(25(36)37)9-6-17-22(18(30)13-26)16(15-31)12-21-27(17,3)8-7-20-28(21,4)14-19(32)23(33)29(20,5)24(34)35/h16,18-21,23,32-33H,6-15H2,1-5H3,(H,34,35)(H,36,37)/t16-,18+,19+,20+,21-,23-,27-,28-,29+,30-/m0/s1. The number of allylic oxidation sites excluding steroid dienone is 2. The highest BCUT2D eigenvalue weighted by atomic mass is 35.5. The quantitative estimate of drug-likeness (QED) is 0.280. The molecule has 0 amide bonds. The van der Waals surface area contributed by atoms with Crippen LogP contribution in [0.5, 0.6) is 0 Å². The molecule has 0 aromatic carbocycles. The van der Waals surface area contributed by atoms with Crippen LogP contribution in [0.15, 0.2) is 11.1 Å². The molecule has 5 aliphatic rings. The highest BCUT2D eigenvalue weighted by Gasteiger charge is 2.69. The third-order valence-corrected chi connectivity index (χ3v) is 13.0. The molecule has 4 N–H and O–H groups in total. The molecule has 0 bridgehead atoms. The van der Waals surface area contributed by atoms with Crippen LogP contribution in [0.1, 0.15) is 92.4 Å². The number of aliphatic hydroxyl groups excluding tert-OH is 2. The van der Waals surface area contributed by atoms with Crippen molar-refractivity contribution >= 4 is 23.5 Å². The summed E-state index contributed by atoms with van der Waals surface area (Å²) in [6.07, 6.45) is 4.09. The van der Waals surface area contributed by atoms with E-state index in [1.54, 1.807) is 6.92 Å². The lowest BCUT2D eigenvalue weighted by molar-refractivity contribution is -0.225. The van der Waals surface area contributed by atoms with Gasteiger partial charge in [0.1, 0.15) is 0 Å². The van der Waals surface area contributed by atoms with Gasteiger partial charge in [-0.15, -0.1) is 11.6 Å². The van der Waals surface area contributed by atoms with Gasteiger partial charge in [-0.2, -0.15) is 0 Å². The van der Waals surface area contributed by atoms with Crippen LogP contribution in [-0.4, -0.2) is 50.5 Å². The SMILES string of the molecule is CC1(C)CC[C@@]2(C(=O)O)CCC3=C([C@H](CCl)C[C@@H]4[C@@]5(C)C[C@@H](O)[C@H](O)[C@](C)(C(=O)O)[C@@H]5CC[C@@]34C)[C@H]2C1. The average Bonchev–Trinajstić information content (AvgIpc) is 2.81. The summed E-state index contributed by atoms with van der Waals surface area (Å²) < 4.78 is 0. The number of hydrogen-bond donors (Lipinski definition) is 4. The number of aliphatic hydroxyl groups is 2. The Labute approximate surface area is 225 Å². The molecule has 37 heavy (non-hydrogen) atoms. The van der Waals surface area contributed by atoms with Gasteiger partial charge in [-0.3, -0.25) is 9.59 Å². The van der Waals surface area contributed by atoms with Crippen LogP contribution in [0.4, 0.5) is 0 Å². The summed E-state index contributed by atoms with van der Waals surface area (Å²) >= 11 is 6.72. The van der Waals surface area contributed by atoms with E-state index in [4.69, 9.17) is 11.6 Å². The second-order valence-corrected chi connectivity index (χ2v) is 15.1. The number of carbonyl (C=O) groups is 2. The molecule has 3 saturated carbocycles. The van der Waals surface area contributed by atoms with Gasteiger partial charge in [-0.05, 0) is 105 Å². The second-order valence-electron chi connectivity index (χ2n) is 14.8. The molecule has 0 saturated heterocycles. The average molecular weight is 537 g/mol. The zero-order valence-corrected chi connectivity index (χ0v) is 23.8. The number of alkyl halides is 1. The van der Waals surface area contributed by atoms with E-state index < -0.39 is 40.4 Å². The van der Waals surface area contributed by atoms with Gasteiger partial charge in [0.25, 0.3) is 0 Å². The normalized spacial score (nSPS) is 50.8. The lowest BCUT2D eigenvalue weighted by Gasteiger charge is -2.67. The van der Waals surface area contributed by atoms with Crippen LogP contribution in [0, 0.1) is 50.7 Å². The molecule has 3 fully saturated rings. The number of carboxylic acids is 2. The summed E-state index contributed by atoms with van der Waals surface area (Å²) in [5.41, 5.74) is -0.0655. The minimum absolute atomic E-state index is 0.0207. The Bertz CT molecular complexity index is 1040. The van der Waals surface area contributed by atoms with Crippen LogP contribution in [-0.2, 0) is 9.59 Å². The number of carboxylic acid groups (broad SMARTS) is 2. The first-order valence-electron chi connectivity index (χ1n) is 14.2. The molecule has 5 rings (SSSR count). The largest absolute Gasteiger partial charge is 0.481 e. The van der Waals surface area contributed by atoms with E-state index >= 15 is 0 Å². The summed E-state index contributed by atoms with van der Waals surface area (Å²) in [5.74, 6) is -1.43. The fraction of sp³-hybridized carbons (Fsp3) is 0.867. The van der Waals surface area contributed by atoms with Gasteiger partial charge < -0.3 is 20.4 Å². The van der Waals surface area contributed by atoms with Crippen molar-refractivity contribution in [3.63, 3.8) is 0 Å². The Morgan fingerprint density at radius 3 is 2.19 bits per heavy atom. The topological polar surface area (TPSA) is 115 Å². The lowest BCUT2D eigenvalue weighted by Crippen LogP contribution is -2.67. The molecule has 7 heteroatoms. The second kappa shape index (κ2) is 8.44. The molecule has 0 unspecified atom stereocenters. The first kappa shape index (κ1) is 27.5. The minimum Gasteiger partial charge on any atom is -0.481 e. The number of halogens is 1. The van der Waals surface area contributed by atoms with E-state index in [1.807, 2.05) is 0 Å². The van der Waals surface area contributed by atoms with Gasteiger partial charge in [-0.25, -0.2) is 0 Å². The van der Waals surface area contributed by atoms with Crippen LogP contribution >= 0.6 is 11.6 Å². The molecule has 0 aromatic rings. The third-order valence-electron chi connectivity index (χ3n) is 12.6. The van der Waals surface area contributed by atoms with E-state index in [9.17, 15) is 30.0 Å². The maximum Gasteiger partial charge on any atom is 0.312 e. The fourth-order valence-corrected chi connectivity index (χ4v) is 10.9. The summed E-state index contributed by atoms with van der Waals surface area (Å²) in [6, 6.07) is 0. The summed E-state index contributed by atoms with van der Waals surface area (Å²) in [7, 11) is 0. The Kier molecular flexibility index (Phi) is 6.27. The summed E-state index contributed by atoms with van der Waals surface area (Å²) in [5, 5.41) is 42.7. The molecule has 0 aromatic heterocycles. The van der Waals surface area contributed by atoms with E-state index in [0.717, 1.165) is 32.1 Å². The zero-order chi connectivity index (χ0) is 27.3. The molecular weight excluding hydrogens is 492 g/mol. The van der Waals surface area contributed by atoms with Crippen molar-refractivity contribution in [1.82, 2.24) is 0 Å². The van der Waals surface area contributed by atoms with Gasteiger partial charge in [0.2, 0.25) is 0 Å². The molecule has 0 radical (unpaired) electrons. The van der Waals surface area contributed by atoms with Crippen molar-refractivity contribution in [3.05, 3.63) is 11.1 Å². The third kappa shape index (κ3) is 3.50. The van der Waals surface area contributed by atoms with E-state index in [2.05, 4.69) is 27.7 Å². The first-order chi connectivity index (χ1) is 17.1. The monoisotopic (exact) mass is 536 g/mol. The molecular formula is C30H45ClO6. The van der Waals surface area contributed by atoms with Crippen molar-refractivity contribution in [2.75, 3.05) is 5.88 Å². The number of hydrogen-bond acceptors (Lipinski definition) is 4. The van der Waals surface area contributed by atoms with Crippen molar-refractivity contribution in [1.29, 1.82) is 0 Å². The Morgan fingerprint density at radius 1 is 0.919 bits per heavy atom. The van der Waals surface area contributed by atoms with Crippen LogP contribution in [0.25, 0.3) is 0 Å². The molecule has 0 spiro atoms. The molecule has 5 aliphatic carbocycles. The van der Waals surface area contributed by atoms with E-state index in [-0.39, 0.29) is 34.5 Å². The molecule has 6 nitrogen and oxygen atoms in total. The van der Waals surface area contributed by atoms with E-state index in [0.29, 0.717) is 31.6 Å². The van der Waals surface area contributed by atoms with Crippen LogP contribution < -0.4 is 0 Å². The van der Waals surface area contributed by atoms with E-state index in [1.165, 1.54) is 11.1 Å². The Morgan fingerprint density at radius 2 is 1.59 bits per heavy atom. The highest BCUT2D eigenvalue weighted by Crippen LogP contribution is 2.72. The Hall–Kier alpha value is -1.11. The number of rotatable bonds is 3. The maximum absolute atomic E-state index is 12.8. The van der Waals surface area contributed by atoms with Crippen molar-refractivity contribution in [2.24, 2.45) is 50.7 Å². The smallest absolute Gasteiger partial charge is 0.312 e. The zero-order valence-electron chi connectivity index (χ0n) is 23.0. The maximum atomic E-state index is 12.8. The van der Waals surface area contributed by atoms with Gasteiger partial charge >= 0.3 is 11.9 Å². The summed E-state index contributed by atoms with van der Waals surface area (Å²) in [4.78, 5) is 25.4. The van der Waals surface area contributed by atoms with Gasteiger partial charge in [0, 0.05) is 5.88 Å². The molecule has 0 aliphatic heterocycles. The fourth-order valence-electron chi connectivity index (χ4n) is 10.6. The predicted octanol–water partition coefficient (Wildman–Crippen LogP) is 5.49. The van der Waals surface area contributed by atoms with Gasteiger partial charge in [0.05, 0.1) is 23.0 Å². The lowest BCUT2D eigenvalue weighted by atomic mass is 9.37. The first-order valence-corrected chi connectivity index (χ1v) is 14.7. The number of aliphatic carboxylic acids is 2. The van der Waals surface area contributed by atoms with Crippen molar-refractivity contribution in [2.45, 2.75) is 105 Å². The van der Waals surface area contributed by atoms with Crippen molar-refractivity contribution in [3.8, 4) is 0 Å².